The van der Waals surface area contributed by atoms with Crippen molar-refractivity contribution in [3.8, 4) is 11.1 Å². The van der Waals surface area contributed by atoms with Crippen molar-refractivity contribution >= 4 is 56.2 Å². The number of pyridine rings is 1. The van der Waals surface area contributed by atoms with E-state index in [1.807, 2.05) is 38.1 Å². The van der Waals surface area contributed by atoms with E-state index in [2.05, 4.69) is 47.6 Å². The van der Waals surface area contributed by atoms with E-state index in [1.54, 1.807) is 28.0 Å². The summed E-state index contributed by atoms with van der Waals surface area (Å²) in [5, 5.41) is 11.4. The number of benzene rings is 1. The zero-order chi connectivity index (χ0) is 34.4. The van der Waals surface area contributed by atoms with Crippen molar-refractivity contribution < 1.29 is 19.2 Å². The second-order valence-electron chi connectivity index (χ2n) is 13.4. The predicted octanol–water partition coefficient (Wildman–Crippen LogP) is 4.87. The average molecular weight is 726 g/mol. The summed E-state index contributed by atoms with van der Waals surface area (Å²) in [4.78, 5) is 68.9. The molecule has 1 aliphatic carbocycles. The summed E-state index contributed by atoms with van der Waals surface area (Å²) in [5.41, 5.74) is 4.00. The topological polar surface area (TPSA) is 152 Å². The summed E-state index contributed by atoms with van der Waals surface area (Å²) >= 11 is 3.39. The quantitative estimate of drug-likeness (QED) is 0.172. The second kappa shape index (κ2) is 12.9. The number of ketones is 1. The van der Waals surface area contributed by atoms with E-state index >= 15 is 0 Å². The third-order valence-corrected chi connectivity index (χ3v) is 10.2. The minimum absolute atomic E-state index is 0.0380. The van der Waals surface area contributed by atoms with E-state index < -0.39 is 11.5 Å². The number of aromatic nitrogens is 5. The van der Waals surface area contributed by atoms with E-state index in [0.717, 1.165) is 28.7 Å². The summed E-state index contributed by atoms with van der Waals surface area (Å²) < 4.78 is 2.21. The van der Waals surface area contributed by atoms with Gasteiger partial charge in [-0.05, 0) is 103 Å². The van der Waals surface area contributed by atoms with Crippen molar-refractivity contribution in [2.24, 2.45) is 5.41 Å². The van der Waals surface area contributed by atoms with Crippen molar-refractivity contribution in [2.75, 3.05) is 11.9 Å². The van der Waals surface area contributed by atoms with Gasteiger partial charge in [-0.25, -0.2) is 15.0 Å². The minimum Gasteiger partial charge on any atom is -0.355 e. The lowest BCUT2D eigenvalue weighted by Crippen LogP contribution is -2.46. The Labute approximate surface area is 291 Å². The number of Topliss-reactive ketones (excluding diaryl/α,β-unsaturated/α-hetero) is 1. The molecule has 0 spiro atoms. The average Bonchev–Trinajstić information content (AvgIpc) is 3.46. The molecule has 2 bridgehead atoms. The number of amides is 3. The summed E-state index contributed by atoms with van der Waals surface area (Å²) in [6.45, 7) is 5.43. The number of allylic oxidation sites excluding steroid dienone is 2. The van der Waals surface area contributed by atoms with Crippen molar-refractivity contribution in [2.45, 2.75) is 77.9 Å². The lowest BCUT2D eigenvalue weighted by Gasteiger charge is -2.27. The first-order chi connectivity index (χ1) is 23.5. The van der Waals surface area contributed by atoms with E-state index in [1.165, 1.54) is 6.92 Å². The Kier molecular flexibility index (Phi) is 8.64. The maximum Gasteiger partial charge on any atom is 0.248 e. The molecule has 0 unspecified atom stereocenters. The Hall–Kier alpha value is -4.78. The van der Waals surface area contributed by atoms with Crippen LogP contribution in [0.4, 0.5) is 5.82 Å². The molecule has 49 heavy (non-hydrogen) atoms. The number of anilines is 1. The number of piperidine rings is 1. The van der Waals surface area contributed by atoms with Gasteiger partial charge >= 0.3 is 0 Å². The molecule has 2 N–H and O–H groups in total. The molecule has 4 aromatic rings. The van der Waals surface area contributed by atoms with E-state index in [0.29, 0.717) is 65.8 Å². The van der Waals surface area contributed by atoms with Crippen LogP contribution in [0.5, 0.6) is 0 Å². The van der Waals surface area contributed by atoms with Gasteiger partial charge in [0.05, 0.1) is 5.52 Å². The third-order valence-electron chi connectivity index (χ3n) is 9.77. The standard InChI is InChI=1S/C36H37BrN8O4/c1-20-10-29(37)41-30(11-20)42-35(49)27-14-36-15-28(36)45(27)32(48)18-44-34-23(8-6-4-5-7-9-31(47)40-19-36)12-24(25-16-38-22(3)39-17-25)13-26(34)33(43-44)21(2)46/h4,6,10-13,16-17,27-28H,5,7-9,14-15,18-19H2,1-3H3,(H,40,47)(H,41,42,49)/b6-4-/t27-,28+,36-/m0/s1. The van der Waals surface area contributed by atoms with Gasteiger partial charge in [-0.1, -0.05) is 12.2 Å². The molecule has 0 radical (unpaired) electrons. The highest BCUT2D eigenvalue weighted by Gasteiger charge is 2.67. The Balaban J connectivity index is 1.30. The Morgan fingerprint density at radius 3 is 2.59 bits per heavy atom. The van der Waals surface area contributed by atoms with E-state index in [4.69, 9.17) is 5.10 Å². The molecular formula is C36H37BrN8O4. The van der Waals surface area contributed by atoms with Crippen LogP contribution >= 0.6 is 15.9 Å². The van der Waals surface area contributed by atoms with Gasteiger partial charge in [-0.15, -0.1) is 0 Å². The molecule has 1 saturated heterocycles. The van der Waals surface area contributed by atoms with Crippen LogP contribution in [0.1, 0.15) is 66.5 Å². The van der Waals surface area contributed by atoms with Crippen LogP contribution in [0.3, 0.4) is 0 Å². The molecule has 5 heterocycles. The van der Waals surface area contributed by atoms with Crippen molar-refractivity contribution in [1.82, 2.24) is 34.9 Å². The van der Waals surface area contributed by atoms with E-state index in [-0.39, 0.29) is 41.8 Å². The number of nitrogens with zero attached hydrogens (tertiary/aromatic N) is 6. The van der Waals surface area contributed by atoms with Gasteiger partial charge in [-0.2, -0.15) is 5.10 Å². The van der Waals surface area contributed by atoms with Crippen LogP contribution in [0.25, 0.3) is 22.0 Å². The first-order valence-corrected chi connectivity index (χ1v) is 17.3. The molecule has 1 aromatic carbocycles. The highest BCUT2D eigenvalue weighted by atomic mass is 79.9. The molecule has 3 aliphatic rings. The van der Waals surface area contributed by atoms with Gasteiger partial charge in [0.25, 0.3) is 0 Å². The molecule has 3 atom stereocenters. The fourth-order valence-corrected chi connectivity index (χ4v) is 7.84. The minimum atomic E-state index is -0.771. The fraction of sp³-hybridized carbons (Fsp3) is 0.389. The Bertz CT molecular complexity index is 2020. The smallest absolute Gasteiger partial charge is 0.248 e. The molecule has 2 aliphatic heterocycles. The molecule has 1 saturated carbocycles. The van der Waals surface area contributed by atoms with Gasteiger partial charge in [-0.3, -0.25) is 23.9 Å². The van der Waals surface area contributed by atoms with Crippen LogP contribution in [0.15, 0.2) is 53.4 Å². The highest BCUT2D eigenvalue weighted by molar-refractivity contribution is 9.10. The lowest BCUT2D eigenvalue weighted by atomic mass is 9.98. The summed E-state index contributed by atoms with van der Waals surface area (Å²) in [7, 11) is 0. The summed E-state index contributed by atoms with van der Waals surface area (Å²) in [5.74, 6) is 0.163. The molecule has 252 valence electrons. The number of aryl methyl sites for hydroxylation is 2. The number of carbonyl (C=O) groups excluding carboxylic acids is 4. The summed E-state index contributed by atoms with van der Waals surface area (Å²) in [6.07, 6.45) is 11.0. The first kappa shape index (κ1) is 32.8. The predicted molar refractivity (Wildman–Crippen MR) is 187 cm³/mol. The van der Waals surface area contributed by atoms with Crippen LogP contribution in [0.2, 0.25) is 0 Å². The summed E-state index contributed by atoms with van der Waals surface area (Å²) in [6, 6.07) is 6.57. The maximum absolute atomic E-state index is 14.4. The largest absolute Gasteiger partial charge is 0.355 e. The van der Waals surface area contributed by atoms with Gasteiger partial charge in [0.15, 0.2) is 5.78 Å². The Morgan fingerprint density at radius 2 is 1.84 bits per heavy atom. The van der Waals surface area contributed by atoms with Crippen LogP contribution in [-0.2, 0) is 27.3 Å². The number of carbonyl (C=O) groups is 4. The van der Waals surface area contributed by atoms with Crippen molar-refractivity contribution in [3.63, 3.8) is 0 Å². The maximum atomic E-state index is 14.4. The van der Waals surface area contributed by atoms with E-state index in [9.17, 15) is 19.2 Å². The van der Waals surface area contributed by atoms with Crippen LogP contribution in [0, 0.1) is 19.3 Å². The molecular weight excluding hydrogens is 688 g/mol. The second-order valence-corrected chi connectivity index (χ2v) is 14.2. The SMILES string of the molecule is CC(=O)c1nn2c3c(cc(-c4cnc(C)nc4)cc13)C/C=C\CCCC(=O)NC[C@@]13C[C@@H](C(=O)Nc4cc(C)cc(Br)n4)N(C(=O)C2)[C@@H]1C3. The number of halogens is 1. The van der Waals surface area contributed by atoms with Gasteiger partial charge in [0, 0.05) is 54.7 Å². The molecule has 7 rings (SSSR count). The number of hydrogen-bond acceptors (Lipinski definition) is 8. The zero-order valence-corrected chi connectivity index (χ0v) is 29.2. The molecule has 13 heteroatoms. The molecule has 3 aromatic heterocycles. The number of hydrogen-bond donors (Lipinski definition) is 2. The van der Waals surface area contributed by atoms with Crippen LogP contribution < -0.4 is 10.6 Å². The third kappa shape index (κ3) is 6.51. The number of rotatable bonds is 4. The highest BCUT2D eigenvalue weighted by Crippen LogP contribution is 2.59. The molecule has 2 fully saturated rings. The zero-order valence-electron chi connectivity index (χ0n) is 27.6. The normalized spacial score (nSPS) is 23.1. The van der Waals surface area contributed by atoms with Gasteiger partial charge in [0.2, 0.25) is 17.7 Å². The first-order valence-electron chi connectivity index (χ1n) is 16.5. The Morgan fingerprint density at radius 1 is 1.04 bits per heavy atom. The molecule has 12 nitrogen and oxygen atoms in total. The van der Waals surface area contributed by atoms with Crippen molar-refractivity contribution in [1.29, 1.82) is 0 Å². The fourth-order valence-electron chi connectivity index (χ4n) is 7.29. The van der Waals surface area contributed by atoms with Crippen molar-refractivity contribution in [3.05, 3.63) is 76.1 Å². The van der Waals surface area contributed by atoms with Crippen LogP contribution in [-0.4, -0.2) is 71.8 Å². The van der Waals surface area contributed by atoms with Gasteiger partial charge in [0.1, 0.15) is 34.5 Å². The molecule has 3 amide bonds. The monoisotopic (exact) mass is 724 g/mol. The lowest BCUT2D eigenvalue weighted by molar-refractivity contribution is -0.138. The number of nitrogens with one attached hydrogen (secondary N) is 2. The van der Waals surface area contributed by atoms with Gasteiger partial charge < -0.3 is 15.5 Å².